The second-order valence-electron chi connectivity index (χ2n) is 9.65. The van der Waals surface area contributed by atoms with Gasteiger partial charge in [-0.1, -0.05) is 13.8 Å². The molecule has 0 bridgehead atoms. The van der Waals surface area contributed by atoms with Gasteiger partial charge >= 0.3 is 12.4 Å². The summed E-state index contributed by atoms with van der Waals surface area (Å²) in [5.74, 6) is -2.99. The number of hydrogen-bond acceptors (Lipinski definition) is 6. The Labute approximate surface area is 222 Å². The third-order valence-corrected chi connectivity index (χ3v) is 6.13. The Hall–Kier alpha value is -3.98. The van der Waals surface area contributed by atoms with Gasteiger partial charge in [-0.2, -0.15) is 36.7 Å². The van der Waals surface area contributed by atoms with Crippen molar-refractivity contribution in [3.63, 3.8) is 0 Å². The van der Waals surface area contributed by atoms with E-state index in [-0.39, 0.29) is 34.3 Å². The van der Waals surface area contributed by atoms with E-state index in [9.17, 15) is 31.1 Å². The topological polar surface area (TPSA) is 111 Å². The lowest BCUT2D eigenvalue weighted by atomic mass is 9.77. The summed E-state index contributed by atoms with van der Waals surface area (Å²) in [4.78, 5) is 13.3. The maximum Gasteiger partial charge on any atom is 0.416 e. The number of nitrogens with one attached hydrogen (secondary N) is 2. The number of alkyl halides is 6. The molecule has 1 aromatic carbocycles. The number of nitrogens with zero attached hydrogens (tertiary/aromatic N) is 5. The quantitative estimate of drug-likeness (QED) is 0.280. The highest BCUT2D eigenvalue weighted by molar-refractivity contribution is 6.27. The van der Waals surface area contributed by atoms with Crippen LogP contribution in [0.1, 0.15) is 50.2 Å². The molecule has 0 aliphatic carbocycles. The van der Waals surface area contributed by atoms with Crippen LogP contribution in [0, 0.1) is 11.7 Å². The normalized spacial score (nSPS) is 18.4. The summed E-state index contributed by atoms with van der Waals surface area (Å²) in [6.45, 7) is 3.85. The summed E-state index contributed by atoms with van der Waals surface area (Å²) in [6, 6.07) is 3.86. The monoisotopic (exact) mass is 575 g/mol. The van der Waals surface area contributed by atoms with E-state index in [0.717, 1.165) is 12.1 Å². The number of aromatic amines is 1. The second kappa shape index (κ2) is 10.9. The van der Waals surface area contributed by atoms with E-state index in [0.29, 0.717) is 12.6 Å². The van der Waals surface area contributed by atoms with Crippen LogP contribution in [0.5, 0.6) is 5.75 Å². The van der Waals surface area contributed by atoms with Crippen LogP contribution in [-0.4, -0.2) is 55.3 Å². The van der Waals surface area contributed by atoms with Crippen molar-refractivity contribution in [2.24, 2.45) is 5.92 Å². The van der Waals surface area contributed by atoms with Gasteiger partial charge in [-0.25, -0.2) is 4.39 Å². The lowest BCUT2D eigenvalue weighted by Gasteiger charge is -2.41. The van der Waals surface area contributed by atoms with E-state index < -0.39 is 61.0 Å². The maximum atomic E-state index is 15.3. The van der Waals surface area contributed by atoms with Gasteiger partial charge in [0.15, 0.2) is 5.54 Å². The van der Waals surface area contributed by atoms with Gasteiger partial charge in [-0.3, -0.25) is 9.48 Å². The molecule has 3 aromatic rings. The Balaban J connectivity index is 1.75. The van der Waals surface area contributed by atoms with Crippen LogP contribution < -0.4 is 10.1 Å². The maximum absolute atomic E-state index is 15.3. The fourth-order valence-electron chi connectivity index (χ4n) is 4.39. The van der Waals surface area contributed by atoms with Crippen LogP contribution in [0.4, 0.5) is 30.7 Å². The summed E-state index contributed by atoms with van der Waals surface area (Å²) >= 11 is 0. The average molecular weight is 575 g/mol. The van der Waals surface area contributed by atoms with Gasteiger partial charge < -0.3 is 10.1 Å². The second-order valence-corrected chi connectivity index (χ2v) is 9.65. The van der Waals surface area contributed by atoms with Gasteiger partial charge in [0.2, 0.25) is 5.82 Å². The molecule has 4 rings (SSSR count). The molecular formula is C24H24F7N7O2. The predicted octanol–water partition coefficient (Wildman–Crippen LogP) is 4.80. The first-order chi connectivity index (χ1) is 18.7. The van der Waals surface area contributed by atoms with Crippen molar-refractivity contribution >= 4 is 17.1 Å². The highest BCUT2D eigenvalue weighted by atomic mass is 19.4. The molecule has 1 aliphatic heterocycles. The fourth-order valence-corrected chi connectivity index (χ4v) is 4.39. The molecule has 1 aliphatic rings. The number of H-pyrrole nitrogens is 1. The molecule has 0 radical (unpaired) electrons. The number of rotatable bonds is 9. The molecule has 0 saturated heterocycles. The standard InChI is InChI=1S/C24H24F7N7O2/c1-13(2)12-38-8-6-18(35-38)15-11-22(24(29,30)31,32-21(39)19(15)20-33-36-37-34-20)16-5-4-14(10-17(16)25)40-9-3-7-23(26,27)28/h4-6,8,10,13H,3,7,9,11-12H2,1-2H3,(H,32,39)(H,33,34,36,37). The molecule has 3 heterocycles. The van der Waals surface area contributed by atoms with E-state index in [1.54, 1.807) is 6.20 Å². The molecule has 1 atom stereocenters. The van der Waals surface area contributed by atoms with E-state index >= 15 is 4.39 Å². The number of ether oxygens (including phenoxy) is 1. The number of amides is 1. The first-order valence-corrected chi connectivity index (χ1v) is 12.1. The first kappa shape index (κ1) is 29.0. The molecule has 0 spiro atoms. The highest BCUT2D eigenvalue weighted by Crippen LogP contribution is 2.50. The van der Waals surface area contributed by atoms with Gasteiger partial charge in [0.05, 0.1) is 17.9 Å². The zero-order chi connectivity index (χ0) is 29.3. The third kappa shape index (κ3) is 6.09. The molecule has 0 saturated carbocycles. The molecule has 40 heavy (non-hydrogen) atoms. The average Bonchev–Trinajstić information content (AvgIpc) is 3.52. The molecular weight excluding hydrogens is 551 g/mol. The van der Waals surface area contributed by atoms with Crippen molar-refractivity contribution in [1.29, 1.82) is 0 Å². The van der Waals surface area contributed by atoms with Crippen molar-refractivity contribution in [2.45, 2.75) is 57.5 Å². The van der Waals surface area contributed by atoms with Crippen LogP contribution >= 0.6 is 0 Å². The summed E-state index contributed by atoms with van der Waals surface area (Å²) < 4.78 is 103. The van der Waals surface area contributed by atoms with Crippen LogP contribution in [0.2, 0.25) is 0 Å². The smallest absolute Gasteiger partial charge is 0.416 e. The Bertz CT molecular complexity index is 1380. The van der Waals surface area contributed by atoms with Crippen molar-refractivity contribution in [3.05, 3.63) is 53.4 Å². The summed E-state index contributed by atoms with van der Waals surface area (Å²) in [7, 11) is 0. The number of hydrogen-bond donors (Lipinski definition) is 2. The predicted molar refractivity (Wildman–Crippen MR) is 126 cm³/mol. The van der Waals surface area contributed by atoms with Crippen molar-refractivity contribution < 1.29 is 40.3 Å². The van der Waals surface area contributed by atoms with Gasteiger partial charge in [0.1, 0.15) is 11.6 Å². The lowest BCUT2D eigenvalue weighted by molar-refractivity contribution is -0.202. The van der Waals surface area contributed by atoms with Crippen molar-refractivity contribution in [3.8, 4) is 5.75 Å². The van der Waals surface area contributed by atoms with E-state index in [1.807, 2.05) is 19.2 Å². The largest absolute Gasteiger partial charge is 0.493 e. The summed E-state index contributed by atoms with van der Waals surface area (Å²) in [5, 5.41) is 19.3. The van der Waals surface area contributed by atoms with Gasteiger partial charge in [-0.15, -0.1) is 10.2 Å². The number of halogens is 7. The van der Waals surface area contributed by atoms with E-state index in [1.165, 1.54) is 10.7 Å². The molecule has 2 N–H and O–H groups in total. The van der Waals surface area contributed by atoms with Crippen LogP contribution in [0.3, 0.4) is 0 Å². The molecule has 9 nitrogen and oxygen atoms in total. The molecule has 1 amide bonds. The number of tetrazole rings is 1. The fraction of sp³-hybridized carbons (Fsp3) is 0.458. The number of carbonyl (C=O) groups is 1. The molecule has 16 heteroatoms. The molecule has 1 unspecified atom stereocenters. The van der Waals surface area contributed by atoms with E-state index in [4.69, 9.17) is 4.74 Å². The Morgan fingerprint density at radius 1 is 1.15 bits per heavy atom. The number of carbonyl (C=O) groups excluding carboxylic acids is 1. The van der Waals surface area contributed by atoms with Gasteiger partial charge in [0, 0.05) is 37.2 Å². The summed E-state index contributed by atoms with van der Waals surface area (Å²) in [5.41, 5.74) is -4.60. The minimum Gasteiger partial charge on any atom is -0.493 e. The first-order valence-electron chi connectivity index (χ1n) is 12.1. The Kier molecular flexibility index (Phi) is 7.90. The van der Waals surface area contributed by atoms with Crippen molar-refractivity contribution in [2.75, 3.05) is 6.61 Å². The van der Waals surface area contributed by atoms with Gasteiger partial charge in [-0.05, 0) is 41.3 Å². The van der Waals surface area contributed by atoms with E-state index in [2.05, 4.69) is 25.7 Å². The van der Waals surface area contributed by atoms with Crippen LogP contribution in [0.25, 0.3) is 11.1 Å². The molecule has 0 fully saturated rings. The Morgan fingerprint density at radius 3 is 2.50 bits per heavy atom. The zero-order valence-corrected chi connectivity index (χ0v) is 21.2. The van der Waals surface area contributed by atoms with Crippen molar-refractivity contribution in [1.82, 2.24) is 35.7 Å². The Morgan fingerprint density at radius 2 is 1.90 bits per heavy atom. The molecule has 2 aromatic heterocycles. The zero-order valence-electron chi connectivity index (χ0n) is 21.2. The SMILES string of the molecule is CC(C)Cn1ccc(C2=C(c3nn[nH]n3)C(=O)NC(c3ccc(OCCCC(F)(F)F)cc3F)(C(F)(F)F)C2)n1. The number of aromatic nitrogens is 6. The third-order valence-electron chi connectivity index (χ3n) is 6.13. The lowest BCUT2D eigenvalue weighted by Crippen LogP contribution is -2.59. The van der Waals surface area contributed by atoms with Crippen LogP contribution in [-0.2, 0) is 16.9 Å². The minimum atomic E-state index is -5.20. The number of benzene rings is 1. The minimum absolute atomic E-state index is 0.0361. The van der Waals surface area contributed by atoms with Crippen LogP contribution in [0.15, 0.2) is 30.5 Å². The summed E-state index contributed by atoms with van der Waals surface area (Å²) in [6.07, 6.45) is -10.6. The highest BCUT2D eigenvalue weighted by Gasteiger charge is 2.61. The molecule has 216 valence electrons. The van der Waals surface area contributed by atoms with Gasteiger partial charge in [0.25, 0.3) is 5.91 Å².